The Morgan fingerprint density at radius 3 is 2.35 bits per heavy atom. The normalized spacial score (nSPS) is 16.6. The second kappa shape index (κ2) is 8.18. The molecule has 0 spiro atoms. The Hall–Kier alpha value is -1.93. The SMILES string of the molecule is CC(C)c1noc(CNc2ccc(S(=O)(=O)N3CCCCCC3)cc2)n1. The van der Waals surface area contributed by atoms with Crippen LogP contribution in [-0.4, -0.2) is 36.0 Å². The van der Waals surface area contributed by atoms with Gasteiger partial charge in [-0.05, 0) is 37.1 Å². The molecule has 2 aromatic rings. The molecule has 1 aromatic carbocycles. The van der Waals surface area contributed by atoms with E-state index in [1.54, 1.807) is 28.6 Å². The molecular formula is C18H26N4O3S. The van der Waals surface area contributed by atoms with Crippen molar-refractivity contribution >= 4 is 15.7 Å². The number of nitrogens with zero attached hydrogens (tertiary/aromatic N) is 3. The molecule has 142 valence electrons. The topological polar surface area (TPSA) is 88.3 Å². The Kier molecular flexibility index (Phi) is 5.93. The molecule has 1 aliphatic rings. The molecule has 0 radical (unpaired) electrons. The van der Waals surface area contributed by atoms with Crippen molar-refractivity contribution in [1.29, 1.82) is 0 Å². The molecule has 0 bridgehead atoms. The van der Waals surface area contributed by atoms with Crippen LogP contribution >= 0.6 is 0 Å². The molecule has 1 aromatic heterocycles. The summed E-state index contributed by atoms with van der Waals surface area (Å²) >= 11 is 0. The Labute approximate surface area is 154 Å². The van der Waals surface area contributed by atoms with Gasteiger partial charge in [-0.1, -0.05) is 31.8 Å². The van der Waals surface area contributed by atoms with Crippen LogP contribution in [0, 0.1) is 0 Å². The van der Waals surface area contributed by atoms with Crippen molar-refractivity contribution in [2.75, 3.05) is 18.4 Å². The van der Waals surface area contributed by atoms with Gasteiger partial charge >= 0.3 is 0 Å². The lowest BCUT2D eigenvalue weighted by atomic mass is 10.2. The molecule has 0 atom stereocenters. The van der Waals surface area contributed by atoms with Crippen LogP contribution in [0.25, 0.3) is 0 Å². The van der Waals surface area contributed by atoms with Gasteiger partial charge in [0.05, 0.1) is 11.4 Å². The summed E-state index contributed by atoms with van der Waals surface area (Å²) in [6.07, 6.45) is 4.06. The van der Waals surface area contributed by atoms with E-state index in [2.05, 4.69) is 15.5 Å². The Morgan fingerprint density at radius 2 is 1.77 bits per heavy atom. The molecule has 3 rings (SSSR count). The van der Waals surface area contributed by atoms with Crippen molar-refractivity contribution in [2.45, 2.75) is 56.9 Å². The number of hydrogen-bond acceptors (Lipinski definition) is 6. The van der Waals surface area contributed by atoms with Gasteiger partial charge in [0.2, 0.25) is 15.9 Å². The van der Waals surface area contributed by atoms with E-state index in [4.69, 9.17) is 4.52 Å². The first-order chi connectivity index (χ1) is 12.5. The number of benzene rings is 1. The number of aromatic nitrogens is 2. The molecule has 0 saturated carbocycles. The second-order valence-corrected chi connectivity index (χ2v) is 8.84. The summed E-state index contributed by atoms with van der Waals surface area (Å²) in [6, 6.07) is 6.83. The molecule has 0 unspecified atom stereocenters. The first-order valence-electron chi connectivity index (χ1n) is 9.13. The van der Waals surface area contributed by atoms with Gasteiger partial charge in [-0.3, -0.25) is 0 Å². The summed E-state index contributed by atoms with van der Waals surface area (Å²) in [7, 11) is -3.41. The van der Waals surface area contributed by atoms with Crippen LogP contribution < -0.4 is 5.32 Å². The van der Waals surface area contributed by atoms with E-state index in [0.29, 0.717) is 36.2 Å². The summed E-state index contributed by atoms with van der Waals surface area (Å²) in [4.78, 5) is 4.65. The minimum Gasteiger partial charge on any atom is -0.376 e. The van der Waals surface area contributed by atoms with Crippen LogP contribution in [0.2, 0.25) is 0 Å². The molecule has 7 nitrogen and oxygen atoms in total. The van der Waals surface area contributed by atoms with Crippen molar-refractivity contribution < 1.29 is 12.9 Å². The van der Waals surface area contributed by atoms with Crippen molar-refractivity contribution in [3.05, 3.63) is 36.0 Å². The van der Waals surface area contributed by atoms with E-state index in [-0.39, 0.29) is 5.92 Å². The smallest absolute Gasteiger partial charge is 0.245 e. The van der Waals surface area contributed by atoms with E-state index in [1.165, 1.54) is 0 Å². The van der Waals surface area contributed by atoms with Gasteiger partial charge in [0, 0.05) is 24.7 Å². The van der Waals surface area contributed by atoms with Crippen LogP contribution in [0.5, 0.6) is 0 Å². The summed E-state index contributed by atoms with van der Waals surface area (Å²) in [5.74, 6) is 1.41. The van der Waals surface area contributed by atoms with Crippen LogP contribution in [0.3, 0.4) is 0 Å². The maximum atomic E-state index is 12.8. The summed E-state index contributed by atoms with van der Waals surface area (Å²) in [5.41, 5.74) is 0.809. The summed E-state index contributed by atoms with van der Waals surface area (Å²) < 4.78 is 32.3. The van der Waals surface area contributed by atoms with Crippen LogP contribution in [-0.2, 0) is 16.6 Å². The monoisotopic (exact) mass is 378 g/mol. The Morgan fingerprint density at radius 1 is 1.12 bits per heavy atom. The Balaban J connectivity index is 1.63. The number of sulfonamides is 1. The molecular weight excluding hydrogens is 352 g/mol. The predicted molar refractivity (Wildman–Crippen MR) is 99.4 cm³/mol. The van der Waals surface area contributed by atoms with E-state index in [9.17, 15) is 8.42 Å². The average Bonchev–Trinajstić information content (AvgIpc) is 2.93. The minimum absolute atomic E-state index is 0.218. The van der Waals surface area contributed by atoms with E-state index in [1.807, 2.05) is 13.8 Å². The Bertz CT molecular complexity index is 807. The fraction of sp³-hybridized carbons (Fsp3) is 0.556. The molecule has 8 heteroatoms. The number of anilines is 1. The highest BCUT2D eigenvalue weighted by Crippen LogP contribution is 2.22. The fourth-order valence-electron chi connectivity index (χ4n) is 2.93. The van der Waals surface area contributed by atoms with Gasteiger partial charge in [0.25, 0.3) is 0 Å². The number of rotatable bonds is 6. The molecule has 0 aliphatic carbocycles. The quantitative estimate of drug-likeness (QED) is 0.829. The lowest BCUT2D eigenvalue weighted by Gasteiger charge is -2.20. The average molecular weight is 378 g/mol. The lowest BCUT2D eigenvalue weighted by molar-refractivity contribution is 0.376. The van der Waals surface area contributed by atoms with Gasteiger partial charge in [0.15, 0.2) is 5.82 Å². The molecule has 1 N–H and O–H groups in total. The third-order valence-electron chi connectivity index (χ3n) is 4.50. The first kappa shape index (κ1) is 18.8. The highest BCUT2D eigenvalue weighted by atomic mass is 32.2. The number of hydrogen-bond donors (Lipinski definition) is 1. The van der Waals surface area contributed by atoms with Gasteiger partial charge in [-0.25, -0.2) is 8.42 Å². The zero-order valence-corrected chi connectivity index (χ0v) is 16.1. The van der Waals surface area contributed by atoms with Crippen LogP contribution in [0.15, 0.2) is 33.7 Å². The third kappa shape index (κ3) is 4.42. The first-order valence-corrected chi connectivity index (χ1v) is 10.6. The molecule has 1 fully saturated rings. The van der Waals surface area contributed by atoms with Gasteiger partial charge in [-0.2, -0.15) is 9.29 Å². The molecule has 0 amide bonds. The summed E-state index contributed by atoms with van der Waals surface area (Å²) in [6.45, 7) is 5.63. The van der Waals surface area contributed by atoms with Gasteiger partial charge < -0.3 is 9.84 Å². The lowest BCUT2D eigenvalue weighted by Crippen LogP contribution is -2.31. The largest absolute Gasteiger partial charge is 0.376 e. The summed E-state index contributed by atoms with van der Waals surface area (Å²) in [5, 5.41) is 7.10. The standard InChI is InChI=1S/C18H26N4O3S/c1-14(2)18-20-17(25-21-18)13-19-15-7-9-16(10-8-15)26(23,24)22-11-5-3-4-6-12-22/h7-10,14,19H,3-6,11-13H2,1-2H3. The minimum atomic E-state index is -3.41. The molecule has 1 aliphatic heterocycles. The molecule has 2 heterocycles. The van der Waals surface area contributed by atoms with Crippen molar-refractivity contribution in [2.24, 2.45) is 0 Å². The van der Waals surface area contributed by atoms with E-state index >= 15 is 0 Å². The highest BCUT2D eigenvalue weighted by molar-refractivity contribution is 7.89. The second-order valence-electron chi connectivity index (χ2n) is 6.90. The highest BCUT2D eigenvalue weighted by Gasteiger charge is 2.24. The zero-order chi connectivity index (χ0) is 18.6. The van der Waals surface area contributed by atoms with E-state index in [0.717, 1.165) is 31.4 Å². The number of nitrogens with one attached hydrogen (secondary N) is 1. The van der Waals surface area contributed by atoms with Gasteiger partial charge in [0.1, 0.15) is 0 Å². The van der Waals surface area contributed by atoms with Crippen molar-refractivity contribution in [3.8, 4) is 0 Å². The molecule has 1 saturated heterocycles. The zero-order valence-electron chi connectivity index (χ0n) is 15.3. The van der Waals surface area contributed by atoms with Crippen LogP contribution in [0.4, 0.5) is 5.69 Å². The van der Waals surface area contributed by atoms with E-state index < -0.39 is 10.0 Å². The fourth-order valence-corrected chi connectivity index (χ4v) is 4.44. The maximum absolute atomic E-state index is 12.8. The van der Waals surface area contributed by atoms with Crippen molar-refractivity contribution in [3.63, 3.8) is 0 Å². The predicted octanol–water partition coefficient (Wildman–Crippen LogP) is 3.37. The maximum Gasteiger partial charge on any atom is 0.245 e. The third-order valence-corrected chi connectivity index (χ3v) is 6.41. The van der Waals surface area contributed by atoms with Crippen LogP contribution in [0.1, 0.15) is 57.2 Å². The van der Waals surface area contributed by atoms with Crippen molar-refractivity contribution in [1.82, 2.24) is 14.4 Å². The molecule has 26 heavy (non-hydrogen) atoms. The van der Waals surface area contributed by atoms with Gasteiger partial charge in [-0.15, -0.1) is 0 Å².